The van der Waals surface area contributed by atoms with Gasteiger partial charge in [-0.05, 0) is 81.2 Å². The summed E-state index contributed by atoms with van der Waals surface area (Å²) in [5.41, 5.74) is 9.89. The van der Waals surface area contributed by atoms with Crippen molar-refractivity contribution in [1.29, 1.82) is 0 Å². The van der Waals surface area contributed by atoms with Crippen molar-refractivity contribution in [3.05, 3.63) is 65.4 Å². The SMILES string of the molecule is Cc1ccc(OC[C@@H]2CCN2C)cc1C(=O)NC1(c2cc(N)cc3ncccc23)CC1. The summed E-state index contributed by atoms with van der Waals surface area (Å²) in [7, 11) is 2.11. The highest BCUT2D eigenvalue weighted by atomic mass is 16.5. The Balaban J connectivity index is 1.38. The third kappa shape index (κ3) is 3.72. The van der Waals surface area contributed by atoms with Crippen LogP contribution in [0.15, 0.2) is 48.7 Å². The molecule has 2 aliphatic rings. The first-order chi connectivity index (χ1) is 14.9. The van der Waals surface area contributed by atoms with E-state index in [1.54, 1.807) is 6.20 Å². The van der Waals surface area contributed by atoms with Crippen LogP contribution in [0.25, 0.3) is 10.9 Å². The fourth-order valence-electron chi connectivity index (χ4n) is 4.38. The van der Waals surface area contributed by atoms with Gasteiger partial charge in [-0.2, -0.15) is 0 Å². The highest BCUT2D eigenvalue weighted by Gasteiger charge is 2.47. The molecule has 1 aliphatic carbocycles. The Morgan fingerprint density at radius 2 is 2.13 bits per heavy atom. The van der Waals surface area contributed by atoms with Gasteiger partial charge in [0, 0.05) is 28.9 Å². The van der Waals surface area contributed by atoms with Crippen molar-refractivity contribution in [2.24, 2.45) is 0 Å². The number of carbonyl (C=O) groups is 1. The highest BCUT2D eigenvalue weighted by molar-refractivity contribution is 5.97. The number of benzene rings is 2. The molecule has 2 fully saturated rings. The van der Waals surface area contributed by atoms with Crippen molar-refractivity contribution in [3.8, 4) is 5.75 Å². The summed E-state index contributed by atoms with van der Waals surface area (Å²) in [6, 6.07) is 14.0. The molecule has 1 saturated carbocycles. The number of nitrogens with zero attached hydrogens (tertiary/aromatic N) is 2. The van der Waals surface area contributed by atoms with E-state index in [1.807, 2.05) is 49.4 Å². The van der Waals surface area contributed by atoms with Crippen molar-refractivity contribution in [1.82, 2.24) is 15.2 Å². The van der Waals surface area contributed by atoms with Crippen LogP contribution in [0.3, 0.4) is 0 Å². The summed E-state index contributed by atoms with van der Waals surface area (Å²) in [5.74, 6) is 0.653. The molecule has 31 heavy (non-hydrogen) atoms. The van der Waals surface area contributed by atoms with E-state index < -0.39 is 5.54 Å². The summed E-state index contributed by atoms with van der Waals surface area (Å²) >= 11 is 0. The van der Waals surface area contributed by atoms with Gasteiger partial charge in [-0.15, -0.1) is 0 Å². The number of ether oxygens (including phenoxy) is 1. The normalized spacial score (nSPS) is 19.6. The smallest absolute Gasteiger partial charge is 0.252 e. The molecule has 6 heteroatoms. The number of nitrogen functional groups attached to an aromatic ring is 1. The molecule has 1 saturated heterocycles. The number of nitrogens with two attached hydrogens (primary N) is 1. The lowest BCUT2D eigenvalue weighted by Gasteiger charge is -2.37. The van der Waals surface area contributed by atoms with Gasteiger partial charge in [0.2, 0.25) is 0 Å². The van der Waals surface area contributed by atoms with Crippen molar-refractivity contribution in [2.75, 3.05) is 25.9 Å². The van der Waals surface area contributed by atoms with E-state index in [4.69, 9.17) is 10.5 Å². The predicted molar refractivity (Wildman–Crippen MR) is 122 cm³/mol. The largest absolute Gasteiger partial charge is 0.492 e. The molecule has 0 spiro atoms. The van der Waals surface area contributed by atoms with Crippen molar-refractivity contribution >= 4 is 22.5 Å². The Morgan fingerprint density at radius 1 is 1.29 bits per heavy atom. The molecule has 2 aromatic carbocycles. The number of hydrogen-bond acceptors (Lipinski definition) is 5. The van der Waals surface area contributed by atoms with Crippen LogP contribution in [0, 0.1) is 6.92 Å². The van der Waals surface area contributed by atoms with Crippen LogP contribution >= 0.6 is 0 Å². The van der Waals surface area contributed by atoms with Crippen LogP contribution in [-0.2, 0) is 5.54 Å². The minimum atomic E-state index is -0.397. The summed E-state index contributed by atoms with van der Waals surface area (Å²) in [4.78, 5) is 20.0. The average molecular weight is 417 g/mol. The highest BCUT2D eigenvalue weighted by Crippen LogP contribution is 2.48. The van der Waals surface area contributed by atoms with Gasteiger partial charge in [0.05, 0.1) is 11.1 Å². The summed E-state index contributed by atoms with van der Waals surface area (Å²) in [6.07, 6.45) is 4.69. The lowest BCUT2D eigenvalue weighted by Crippen LogP contribution is -2.48. The maximum atomic E-state index is 13.3. The number of aromatic nitrogens is 1. The molecule has 2 heterocycles. The van der Waals surface area contributed by atoms with Crippen molar-refractivity contribution < 1.29 is 9.53 Å². The number of carbonyl (C=O) groups excluding carboxylic acids is 1. The van der Waals surface area contributed by atoms with Crippen LogP contribution in [0.4, 0.5) is 5.69 Å². The number of fused-ring (bicyclic) bond motifs is 1. The number of amides is 1. The molecule has 0 unspecified atom stereocenters. The van der Waals surface area contributed by atoms with Gasteiger partial charge in [-0.25, -0.2) is 0 Å². The maximum absolute atomic E-state index is 13.3. The average Bonchev–Trinajstić information content (AvgIpc) is 3.53. The Morgan fingerprint density at radius 3 is 2.84 bits per heavy atom. The second-order valence-corrected chi connectivity index (χ2v) is 8.89. The van der Waals surface area contributed by atoms with E-state index in [0.29, 0.717) is 23.9 Å². The number of hydrogen-bond donors (Lipinski definition) is 2. The molecular formula is C25H28N4O2. The standard InChI is InChI=1S/C25H28N4O2/c1-16-5-6-19(31-15-18-7-11-29(18)2)14-21(16)24(30)28-25(8-9-25)22-12-17(26)13-23-20(22)4-3-10-27-23/h3-6,10,12-14,18H,7-9,11,15,26H2,1-2H3,(H,28,30)/t18-/m0/s1. The van der Waals surface area contributed by atoms with Gasteiger partial charge in [0.25, 0.3) is 5.91 Å². The number of aryl methyl sites for hydroxylation is 1. The zero-order valence-corrected chi connectivity index (χ0v) is 18.0. The fourth-order valence-corrected chi connectivity index (χ4v) is 4.38. The number of likely N-dealkylation sites (N-methyl/N-ethyl adjacent to an activating group) is 1. The second-order valence-electron chi connectivity index (χ2n) is 8.89. The first-order valence-electron chi connectivity index (χ1n) is 10.9. The number of nitrogens with one attached hydrogen (secondary N) is 1. The molecular weight excluding hydrogens is 388 g/mol. The second kappa shape index (κ2) is 7.54. The number of rotatable bonds is 6. The van der Waals surface area contributed by atoms with Gasteiger partial charge < -0.3 is 15.8 Å². The lowest BCUT2D eigenvalue weighted by atomic mass is 9.97. The molecule has 3 aromatic rings. The number of anilines is 1. The molecule has 6 nitrogen and oxygen atoms in total. The predicted octanol–water partition coefficient (Wildman–Crippen LogP) is 3.63. The molecule has 1 atom stereocenters. The fraction of sp³-hybridized carbons (Fsp3) is 0.360. The Labute approximate surface area is 182 Å². The van der Waals surface area contributed by atoms with E-state index >= 15 is 0 Å². The van der Waals surface area contributed by atoms with Gasteiger partial charge in [-0.3, -0.25) is 14.7 Å². The molecule has 0 radical (unpaired) electrons. The molecule has 1 aliphatic heterocycles. The van der Waals surface area contributed by atoms with Crippen molar-refractivity contribution in [3.63, 3.8) is 0 Å². The maximum Gasteiger partial charge on any atom is 0.252 e. The van der Waals surface area contributed by atoms with E-state index in [0.717, 1.165) is 53.6 Å². The van der Waals surface area contributed by atoms with E-state index in [2.05, 4.69) is 22.2 Å². The lowest BCUT2D eigenvalue weighted by molar-refractivity contribution is 0.0767. The Bertz CT molecular complexity index is 1160. The van der Waals surface area contributed by atoms with Crippen LogP contribution < -0.4 is 15.8 Å². The molecule has 160 valence electrons. The van der Waals surface area contributed by atoms with Crippen molar-refractivity contribution in [2.45, 2.75) is 37.8 Å². The number of likely N-dealkylation sites (tertiary alicyclic amines) is 1. The van der Waals surface area contributed by atoms with Gasteiger partial charge in [0.15, 0.2) is 0 Å². The van der Waals surface area contributed by atoms with Gasteiger partial charge in [0.1, 0.15) is 12.4 Å². The number of pyridine rings is 1. The molecule has 1 amide bonds. The first kappa shape index (κ1) is 19.8. The monoisotopic (exact) mass is 416 g/mol. The molecule has 5 rings (SSSR count). The first-order valence-corrected chi connectivity index (χ1v) is 10.9. The van der Waals surface area contributed by atoms with Crippen LogP contribution in [0.5, 0.6) is 5.75 Å². The van der Waals surface area contributed by atoms with Gasteiger partial charge >= 0.3 is 0 Å². The Kier molecular flexibility index (Phi) is 4.82. The minimum absolute atomic E-state index is 0.0827. The third-order valence-electron chi connectivity index (χ3n) is 6.70. The van der Waals surface area contributed by atoms with E-state index in [9.17, 15) is 4.79 Å². The molecule has 0 bridgehead atoms. The molecule has 1 aromatic heterocycles. The Hall–Kier alpha value is -3.12. The summed E-state index contributed by atoms with van der Waals surface area (Å²) < 4.78 is 5.98. The van der Waals surface area contributed by atoms with E-state index in [1.165, 1.54) is 0 Å². The third-order valence-corrected chi connectivity index (χ3v) is 6.70. The summed E-state index contributed by atoms with van der Waals surface area (Å²) in [5, 5.41) is 4.33. The zero-order chi connectivity index (χ0) is 21.6. The molecule has 3 N–H and O–H groups in total. The summed E-state index contributed by atoms with van der Waals surface area (Å²) in [6.45, 7) is 3.72. The van der Waals surface area contributed by atoms with Crippen LogP contribution in [0.1, 0.15) is 40.7 Å². The van der Waals surface area contributed by atoms with Gasteiger partial charge in [-0.1, -0.05) is 12.1 Å². The quantitative estimate of drug-likeness (QED) is 0.600. The zero-order valence-electron chi connectivity index (χ0n) is 18.0. The van der Waals surface area contributed by atoms with Crippen LogP contribution in [0.2, 0.25) is 0 Å². The minimum Gasteiger partial charge on any atom is -0.492 e. The van der Waals surface area contributed by atoms with E-state index in [-0.39, 0.29) is 5.91 Å². The topological polar surface area (TPSA) is 80.5 Å². The van der Waals surface area contributed by atoms with Crippen LogP contribution in [-0.4, -0.2) is 42.0 Å².